The fourth-order valence-electron chi connectivity index (χ4n) is 2.26. The van der Waals surface area contributed by atoms with Crippen molar-refractivity contribution in [2.24, 2.45) is 0 Å². The minimum absolute atomic E-state index is 0.0494. The maximum absolute atomic E-state index is 12.4. The standard InChI is InChI=1S/C14H23ClF3N3/c1-4-8-19-11(6-7-14(16,17)18)9-12-13(15)10(3)20-21(12)5-2/h11,19H,4-9H2,1-3H3. The van der Waals surface area contributed by atoms with Crippen LogP contribution >= 0.6 is 11.6 Å². The summed E-state index contributed by atoms with van der Waals surface area (Å²) in [6.07, 6.45) is -3.53. The monoisotopic (exact) mass is 325 g/mol. The quantitative estimate of drug-likeness (QED) is 0.779. The number of nitrogens with one attached hydrogen (secondary N) is 1. The Kier molecular flexibility index (Phi) is 7.00. The highest BCUT2D eigenvalue weighted by Crippen LogP contribution is 2.26. The van der Waals surface area contributed by atoms with Gasteiger partial charge in [0, 0.05) is 25.4 Å². The van der Waals surface area contributed by atoms with Crippen molar-refractivity contribution in [2.45, 2.75) is 65.2 Å². The zero-order chi connectivity index (χ0) is 16.0. The van der Waals surface area contributed by atoms with E-state index in [4.69, 9.17) is 11.6 Å². The van der Waals surface area contributed by atoms with E-state index in [2.05, 4.69) is 10.4 Å². The van der Waals surface area contributed by atoms with Crippen molar-refractivity contribution in [3.8, 4) is 0 Å². The Hall–Kier alpha value is -0.750. The lowest BCUT2D eigenvalue weighted by Gasteiger charge is -2.20. The van der Waals surface area contributed by atoms with Gasteiger partial charge in [0.1, 0.15) is 0 Å². The molecule has 0 amide bonds. The largest absolute Gasteiger partial charge is 0.389 e. The number of halogens is 4. The number of nitrogens with zero attached hydrogens (tertiary/aromatic N) is 2. The minimum Gasteiger partial charge on any atom is -0.314 e. The average Bonchev–Trinajstić information content (AvgIpc) is 2.68. The van der Waals surface area contributed by atoms with Gasteiger partial charge in [-0.15, -0.1) is 0 Å². The van der Waals surface area contributed by atoms with Crippen molar-refractivity contribution in [3.63, 3.8) is 0 Å². The second-order valence-electron chi connectivity index (χ2n) is 5.17. The molecular weight excluding hydrogens is 303 g/mol. The molecule has 0 aromatic carbocycles. The predicted octanol–water partition coefficient (Wildman–Crippen LogP) is 4.12. The molecule has 1 N–H and O–H groups in total. The summed E-state index contributed by atoms with van der Waals surface area (Å²) >= 11 is 6.23. The summed E-state index contributed by atoms with van der Waals surface area (Å²) < 4.78 is 39.1. The van der Waals surface area contributed by atoms with E-state index >= 15 is 0 Å². The molecule has 1 atom stereocenters. The van der Waals surface area contributed by atoms with Crippen LogP contribution in [0.15, 0.2) is 0 Å². The van der Waals surface area contributed by atoms with E-state index in [9.17, 15) is 13.2 Å². The van der Waals surface area contributed by atoms with Gasteiger partial charge in [-0.3, -0.25) is 4.68 Å². The van der Waals surface area contributed by atoms with Crippen LogP contribution in [0.25, 0.3) is 0 Å². The lowest BCUT2D eigenvalue weighted by molar-refractivity contribution is -0.136. The Morgan fingerprint density at radius 1 is 1.33 bits per heavy atom. The third-order valence-electron chi connectivity index (χ3n) is 3.35. The summed E-state index contributed by atoms with van der Waals surface area (Å²) in [6, 6.07) is -0.245. The molecule has 7 heteroatoms. The number of aromatic nitrogens is 2. The normalized spacial score (nSPS) is 13.7. The molecule has 0 aliphatic rings. The van der Waals surface area contributed by atoms with Crippen LogP contribution in [0, 0.1) is 6.92 Å². The van der Waals surface area contributed by atoms with Gasteiger partial charge in [0.05, 0.1) is 16.4 Å². The van der Waals surface area contributed by atoms with Gasteiger partial charge in [-0.1, -0.05) is 18.5 Å². The first kappa shape index (κ1) is 18.3. The second kappa shape index (κ2) is 8.03. The Labute approximate surface area is 128 Å². The summed E-state index contributed by atoms with van der Waals surface area (Å²) in [5.41, 5.74) is 1.53. The smallest absolute Gasteiger partial charge is 0.314 e. The van der Waals surface area contributed by atoms with E-state index in [1.807, 2.05) is 20.8 Å². The van der Waals surface area contributed by atoms with E-state index < -0.39 is 12.6 Å². The third kappa shape index (κ3) is 5.87. The SMILES string of the molecule is CCCNC(CCC(F)(F)F)Cc1c(Cl)c(C)nn1CC. The zero-order valence-electron chi connectivity index (χ0n) is 12.7. The molecule has 0 aliphatic carbocycles. The summed E-state index contributed by atoms with van der Waals surface area (Å²) in [5.74, 6) is 0. The van der Waals surface area contributed by atoms with Crippen LogP contribution in [0.5, 0.6) is 0 Å². The highest BCUT2D eigenvalue weighted by atomic mass is 35.5. The van der Waals surface area contributed by atoms with Crippen molar-refractivity contribution in [1.82, 2.24) is 15.1 Å². The zero-order valence-corrected chi connectivity index (χ0v) is 13.5. The van der Waals surface area contributed by atoms with Crippen LogP contribution in [-0.4, -0.2) is 28.5 Å². The Morgan fingerprint density at radius 3 is 2.52 bits per heavy atom. The number of hydrogen-bond acceptors (Lipinski definition) is 2. The summed E-state index contributed by atoms with van der Waals surface area (Å²) in [7, 11) is 0. The Morgan fingerprint density at radius 2 is 2.00 bits per heavy atom. The van der Waals surface area contributed by atoms with E-state index in [0.29, 0.717) is 24.5 Å². The lowest BCUT2D eigenvalue weighted by Crippen LogP contribution is -2.34. The van der Waals surface area contributed by atoms with Gasteiger partial charge < -0.3 is 5.32 Å². The molecule has 1 aromatic rings. The molecule has 0 aliphatic heterocycles. The fourth-order valence-corrected chi connectivity index (χ4v) is 2.47. The highest BCUT2D eigenvalue weighted by molar-refractivity contribution is 6.31. The molecule has 1 rings (SSSR count). The Balaban J connectivity index is 2.80. The van der Waals surface area contributed by atoms with E-state index in [-0.39, 0.29) is 12.5 Å². The average molecular weight is 326 g/mol. The number of aryl methyl sites for hydroxylation is 2. The molecule has 0 fully saturated rings. The minimum atomic E-state index is -4.13. The molecule has 1 heterocycles. The first-order valence-electron chi connectivity index (χ1n) is 7.30. The van der Waals surface area contributed by atoms with E-state index in [1.165, 1.54) is 0 Å². The molecule has 0 saturated carbocycles. The van der Waals surface area contributed by atoms with Crippen LogP contribution in [0.3, 0.4) is 0 Å². The predicted molar refractivity (Wildman–Crippen MR) is 78.7 cm³/mol. The number of alkyl halides is 3. The van der Waals surface area contributed by atoms with Gasteiger partial charge in [-0.05, 0) is 33.2 Å². The van der Waals surface area contributed by atoms with Crippen molar-refractivity contribution < 1.29 is 13.2 Å². The maximum Gasteiger partial charge on any atom is 0.389 e. The van der Waals surface area contributed by atoms with Crippen LogP contribution < -0.4 is 5.32 Å². The van der Waals surface area contributed by atoms with Gasteiger partial charge in [-0.2, -0.15) is 18.3 Å². The third-order valence-corrected chi connectivity index (χ3v) is 3.84. The highest BCUT2D eigenvalue weighted by Gasteiger charge is 2.29. The molecular formula is C14H23ClF3N3. The molecule has 1 aromatic heterocycles. The molecule has 0 spiro atoms. The Bertz CT molecular complexity index is 443. The summed E-state index contributed by atoms with van der Waals surface area (Å²) in [6.45, 7) is 7.09. The van der Waals surface area contributed by atoms with Crippen LogP contribution in [0.2, 0.25) is 5.02 Å². The van der Waals surface area contributed by atoms with Gasteiger partial charge in [0.25, 0.3) is 0 Å². The van der Waals surface area contributed by atoms with Crippen molar-refractivity contribution in [2.75, 3.05) is 6.54 Å². The number of rotatable bonds is 8. The maximum atomic E-state index is 12.4. The lowest BCUT2D eigenvalue weighted by atomic mass is 10.0. The molecule has 1 unspecified atom stereocenters. The van der Waals surface area contributed by atoms with Crippen molar-refractivity contribution >= 4 is 11.6 Å². The second-order valence-corrected chi connectivity index (χ2v) is 5.55. The van der Waals surface area contributed by atoms with Crippen LogP contribution in [0.1, 0.15) is 44.5 Å². The number of hydrogen-bond donors (Lipinski definition) is 1. The first-order chi connectivity index (χ1) is 9.78. The van der Waals surface area contributed by atoms with Gasteiger partial charge in [0.15, 0.2) is 0 Å². The van der Waals surface area contributed by atoms with Crippen molar-refractivity contribution in [1.29, 1.82) is 0 Å². The molecule has 0 radical (unpaired) electrons. The molecule has 0 bridgehead atoms. The summed E-state index contributed by atoms with van der Waals surface area (Å²) in [5, 5.41) is 8.05. The van der Waals surface area contributed by atoms with Crippen LogP contribution in [0.4, 0.5) is 13.2 Å². The van der Waals surface area contributed by atoms with E-state index in [0.717, 1.165) is 17.8 Å². The first-order valence-corrected chi connectivity index (χ1v) is 7.68. The fraction of sp³-hybridized carbons (Fsp3) is 0.786. The summed E-state index contributed by atoms with van der Waals surface area (Å²) in [4.78, 5) is 0. The molecule has 122 valence electrons. The van der Waals surface area contributed by atoms with Crippen LogP contribution in [-0.2, 0) is 13.0 Å². The molecule has 21 heavy (non-hydrogen) atoms. The van der Waals surface area contributed by atoms with Gasteiger partial charge in [0.2, 0.25) is 0 Å². The van der Waals surface area contributed by atoms with Crippen molar-refractivity contribution in [3.05, 3.63) is 16.4 Å². The van der Waals surface area contributed by atoms with Gasteiger partial charge in [-0.25, -0.2) is 0 Å². The van der Waals surface area contributed by atoms with Gasteiger partial charge >= 0.3 is 6.18 Å². The van der Waals surface area contributed by atoms with E-state index in [1.54, 1.807) is 4.68 Å². The molecule has 3 nitrogen and oxygen atoms in total. The topological polar surface area (TPSA) is 29.9 Å². The molecule has 0 saturated heterocycles.